The molecular formula is C8H5BrCl2O3S. The minimum absolute atomic E-state index is 0.116. The van der Waals surface area contributed by atoms with E-state index in [1.54, 1.807) is 6.92 Å². The van der Waals surface area contributed by atoms with Crippen LogP contribution >= 0.6 is 38.2 Å². The molecule has 0 bridgehead atoms. The predicted octanol–water partition coefficient (Wildman–Crippen LogP) is 3.06. The number of carbonyl (C=O) groups excluding carboxylic acids is 1. The Kier molecular flexibility index (Phi) is 3.81. The van der Waals surface area contributed by atoms with Crippen molar-refractivity contribution in [3.8, 4) is 0 Å². The molecule has 0 saturated carbocycles. The minimum atomic E-state index is -3.87. The molecule has 0 heterocycles. The Morgan fingerprint density at radius 1 is 1.40 bits per heavy atom. The fraction of sp³-hybridized carbons (Fsp3) is 0.125. The van der Waals surface area contributed by atoms with Crippen LogP contribution in [0.2, 0.25) is 0 Å². The van der Waals surface area contributed by atoms with Crippen molar-refractivity contribution in [2.45, 2.75) is 11.8 Å². The third-order valence-electron chi connectivity index (χ3n) is 1.81. The third kappa shape index (κ3) is 2.93. The van der Waals surface area contributed by atoms with Gasteiger partial charge in [0, 0.05) is 20.7 Å². The normalized spacial score (nSPS) is 11.5. The van der Waals surface area contributed by atoms with E-state index in [0.29, 0.717) is 10.0 Å². The van der Waals surface area contributed by atoms with Crippen molar-refractivity contribution in [2.24, 2.45) is 0 Å². The molecular weight excluding hydrogens is 327 g/mol. The van der Waals surface area contributed by atoms with Crippen LogP contribution in [0.4, 0.5) is 0 Å². The average Bonchev–Trinajstić information content (AvgIpc) is 2.06. The first-order valence-corrected chi connectivity index (χ1v) is 7.16. The van der Waals surface area contributed by atoms with E-state index in [1.165, 1.54) is 6.07 Å². The zero-order valence-corrected chi connectivity index (χ0v) is 11.3. The first kappa shape index (κ1) is 13.0. The minimum Gasteiger partial charge on any atom is -0.276 e. The Bertz CT molecular complexity index is 525. The highest BCUT2D eigenvalue weighted by Gasteiger charge is 2.17. The molecule has 3 nitrogen and oxygen atoms in total. The third-order valence-corrected chi connectivity index (χ3v) is 4.17. The van der Waals surface area contributed by atoms with Gasteiger partial charge in [0.2, 0.25) is 0 Å². The van der Waals surface area contributed by atoms with Crippen LogP contribution in [0, 0.1) is 6.92 Å². The second-order valence-electron chi connectivity index (χ2n) is 2.79. The molecule has 0 amide bonds. The zero-order valence-electron chi connectivity index (χ0n) is 7.42. The summed E-state index contributed by atoms with van der Waals surface area (Å²) in [5.41, 5.74) is 0.685. The molecule has 0 atom stereocenters. The molecule has 0 fully saturated rings. The molecule has 1 rings (SSSR count). The van der Waals surface area contributed by atoms with Gasteiger partial charge in [0.25, 0.3) is 14.3 Å². The first-order valence-electron chi connectivity index (χ1n) is 3.68. The van der Waals surface area contributed by atoms with Crippen LogP contribution in [-0.2, 0) is 9.05 Å². The second kappa shape index (κ2) is 4.41. The van der Waals surface area contributed by atoms with Crippen LogP contribution in [0.1, 0.15) is 15.9 Å². The molecule has 1 aromatic carbocycles. The van der Waals surface area contributed by atoms with E-state index in [0.717, 1.165) is 6.07 Å². The fourth-order valence-corrected chi connectivity index (χ4v) is 2.59. The SMILES string of the molecule is Cc1c(Br)cc(S(=O)(=O)Cl)cc1C(=O)Cl. The summed E-state index contributed by atoms with van der Waals surface area (Å²) in [6.07, 6.45) is 0. The summed E-state index contributed by atoms with van der Waals surface area (Å²) in [6.45, 7) is 1.64. The fourth-order valence-electron chi connectivity index (χ4n) is 0.999. The van der Waals surface area contributed by atoms with Gasteiger partial charge in [0.05, 0.1) is 4.90 Å². The molecule has 15 heavy (non-hydrogen) atoms. The van der Waals surface area contributed by atoms with Gasteiger partial charge in [-0.15, -0.1) is 0 Å². The topological polar surface area (TPSA) is 51.2 Å². The zero-order chi connectivity index (χ0) is 11.8. The van der Waals surface area contributed by atoms with Gasteiger partial charge >= 0.3 is 0 Å². The number of rotatable bonds is 2. The predicted molar refractivity (Wildman–Crippen MR) is 62.1 cm³/mol. The maximum absolute atomic E-state index is 11.1. The van der Waals surface area contributed by atoms with Crippen LogP contribution in [0.3, 0.4) is 0 Å². The molecule has 0 radical (unpaired) electrons. The summed E-state index contributed by atoms with van der Waals surface area (Å²) >= 11 is 8.43. The summed E-state index contributed by atoms with van der Waals surface area (Å²) in [4.78, 5) is 10.8. The van der Waals surface area contributed by atoms with Gasteiger partial charge in [-0.1, -0.05) is 15.9 Å². The van der Waals surface area contributed by atoms with E-state index in [1.807, 2.05) is 0 Å². The lowest BCUT2D eigenvalue weighted by atomic mass is 10.1. The second-order valence-corrected chi connectivity index (χ2v) is 6.55. The van der Waals surface area contributed by atoms with Gasteiger partial charge in [-0.05, 0) is 36.2 Å². The Hall–Kier alpha value is -0.100. The first-order chi connectivity index (χ1) is 6.73. The van der Waals surface area contributed by atoms with Gasteiger partial charge in [-0.25, -0.2) is 8.42 Å². The number of hydrogen-bond acceptors (Lipinski definition) is 3. The van der Waals surface area contributed by atoms with Crippen molar-refractivity contribution >= 4 is 52.5 Å². The van der Waals surface area contributed by atoms with Crippen molar-refractivity contribution in [1.82, 2.24) is 0 Å². The summed E-state index contributed by atoms with van der Waals surface area (Å²) in [6, 6.07) is 2.47. The summed E-state index contributed by atoms with van der Waals surface area (Å²) < 4.78 is 22.6. The van der Waals surface area contributed by atoms with Crippen molar-refractivity contribution in [2.75, 3.05) is 0 Å². The Morgan fingerprint density at radius 3 is 2.33 bits per heavy atom. The Labute approximate surface area is 105 Å². The highest BCUT2D eigenvalue weighted by Crippen LogP contribution is 2.27. The summed E-state index contributed by atoms with van der Waals surface area (Å²) in [5, 5.41) is -0.727. The molecule has 0 aromatic heterocycles. The van der Waals surface area contributed by atoms with E-state index in [9.17, 15) is 13.2 Å². The Morgan fingerprint density at radius 2 is 1.93 bits per heavy atom. The van der Waals surface area contributed by atoms with E-state index >= 15 is 0 Å². The van der Waals surface area contributed by atoms with E-state index in [-0.39, 0.29) is 10.5 Å². The molecule has 1 aromatic rings. The monoisotopic (exact) mass is 330 g/mol. The van der Waals surface area contributed by atoms with Crippen LogP contribution in [0.25, 0.3) is 0 Å². The van der Waals surface area contributed by atoms with Gasteiger partial charge in [0.15, 0.2) is 0 Å². The summed E-state index contributed by atoms with van der Waals surface area (Å²) in [5.74, 6) is 0. The molecule has 7 heteroatoms. The Balaban J connectivity index is 3.57. The lowest BCUT2D eigenvalue weighted by Crippen LogP contribution is -1.99. The molecule has 0 aliphatic rings. The highest BCUT2D eigenvalue weighted by atomic mass is 79.9. The number of hydrogen-bond donors (Lipinski definition) is 0. The van der Waals surface area contributed by atoms with Crippen LogP contribution < -0.4 is 0 Å². The van der Waals surface area contributed by atoms with Gasteiger partial charge in [-0.3, -0.25) is 4.79 Å². The lowest BCUT2D eigenvalue weighted by molar-refractivity contribution is 0.108. The molecule has 0 aliphatic carbocycles. The van der Waals surface area contributed by atoms with Crippen molar-refractivity contribution in [3.63, 3.8) is 0 Å². The van der Waals surface area contributed by atoms with Gasteiger partial charge < -0.3 is 0 Å². The highest BCUT2D eigenvalue weighted by molar-refractivity contribution is 9.10. The van der Waals surface area contributed by atoms with E-state index < -0.39 is 14.3 Å². The van der Waals surface area contributed by atoms with E-state index in [2.05, 4.69) is 15.9 Å². The standard InChI is InChI=1S/C8H5BrCl2O3S/c1-4-6(8(10)12)2-5(3-7(4)9)15(11,13)14/h2-3H,1H3. The molecule has 0 unspecified atom stereocenters. The van der Waals surface area contributed by atoms with Crippen molar-refractivity contribution in [1.29, 1.82) is 0 Å². The molecule has 82 valence electrons. The smallest absolute Gasteiger partial charge is 0.261 e. The molecule has 0 spiro atoms. The van der Waals surface area contributed by atoms with Gasteiger partial charge in [0.1, 0.15) is 0 Å². The van der Waals surface area contributed by atoms with Crippen molar-refractivity contribution in [3.05, 3.63) is 27.7 Å². The van der Waals surface area contributed by atoms with E-state index in [4.69, 9.17) is 22.3 Å². The van der Waals surface area contributed by atoms with Crippen LogP contribution in [0.5, 0.6) is 0 Å². The molecule has 0 aliphatic heterocycles. The lowest BCUT2D eigenvalue weighted by Gasteiger charge is -2.05. The number of halogens is 3. The average molecular weight is 332 g/mol. The van der Waals surface area contributed by atoms with Crippen molar-refractivity contribution < 1.29 is 13.2 Å². The van der Waals surface area contributed by atoms with Crippen LogP contribution in [-0.4, -0.2) is 13.7 Å². The summed E-state index contributed by atoms with van der Waals surface area (Å²) in [7, 11) is 1.29. The largest absolute Gasteiger partial charge is 0.276 e. The van der Waals surface area contributed by atoms with Gasteiger partial charge in [-0.2, -0.15) is 0 Å². The maximum atomic E-state index is 11.1. The number of carbonyl (C=O) groups is 1. The molecule has 0 N–H and O–H groups in total. The van der Waals surface area contributed by atoms with Crippen LogP contribution in [0.15, 0.2) is 21.5 Å². The molecule has 0 saturated heterocycles. The number of benzene rings is 1. The quantitative estimate of drug-likeness (QED) is 0.782. The maximum Gasteiger partial charge on any atom is 0.261 e.